The molecule has 2 bridgehead atoms. The fourth-order valence-corrected chi connectivity index (χ4v) is 6.41. The number of fused-ring (bicyclic) bond motifs is 5. The van der Waals surface area contributed by atoms with Crippen molar-refractivity contribution >= 4 is 12.1 Å². The molecule has 2 N–H and O–H groups in total. The molecule has 3 atom stereocenters. The predicted octanol–water partition coefficient (Wildman–Crippen LogP) is 5.02. The van der Waals surface area contributed by atoms with E-state index in [0.717, 1.165) is 41.8 Å². The van der Waals surface area contributed by atoms with Crippen LogP contribution in [0.4, 0.5) is 4.79 Å². The Morgan fingerprint density at radius 2 is 1.82 bits per heavy atom. The van der Waals surface area contributed by atoms with Crippen LogP contribution in [-0.2, 0) is 9.53 Å². The van der Waals surface area contributed by atoms with Gasteiger partial charge in [0.05, 0.1) is 0 Å². The average molecular weight is 463 g/mol. The number of hydrogen-bond acceptors (Lipinski definition) is 4. The highest BCUT2D eigenvalue weighted by atomic mass is 16.5. The van der Waals surface area contributed by atoms with Crippen LogP contribution in [0.15, 0.2) is 48.5 Å². The average Bonchev–Trinajstić information content (AvgIpc) is 3.26. The van der Waals surface area contributed by atoms with E-state index >= 15 is 0 Å². The summed E-state index contributed by atoms with van der Waals surface area (Å²) >= 11 is 0. The van der Waals surface area contributed by atoms with Crippen molar-refractivity contribution in [2.75, 3.05) is 19.7 Å². The Labute approximate surface area is 201 Å². The van der Waals surface area contributed by atoms with Crippen LogP contribution in [0.1, 0.15) is 62.5 Å². The SMILES string of the molecule is C[C@]12CCC[C@H](C1)N(CCCC(NC(=O)OCC1c3ccccc3-c3ccccc31)C(=O)O)C2. The molecule has 1 aliphatic heterocycles. The van der Waals surface area contributed by atoms with Gasteiger partial charge in [-0.1, -0.05) is 61.9 Å². The van der Waals surface area contributed by atoms with Gasteiger partial charge >= 0.3 is 12.1 Å². The summed E-state index contributed by atoms with van der Waals surface area (Å²) in [7, 11) is 0. The number of nitrogens with zero attached hydrogens (tertiary/aromatic N) is 1. The number of ether oxygens (including phenoxy) is 1. The molecule has 2 fully saturated rings. The van der Waals surface area contributed by atoms with Gasteiger partial charge in [-0.15, -0.1) is 0 Å². The van der Waals surface area contributed by atoms with Crippen molar-refractivity contribution in [2.24, 2.45) is 5.41 Å². The van der Waals surface area contributed by atoms with E-state index in [4.69, 9.17) is 4.74 Å². The number of alkyl carbamates (subject to hydrolysis) is 1. The highest BCUT2D eigenvalue weighted by Crippen LogP contribution is 2.45. The number of amides is 1. The topological polar surface area (TPSA) is 78.9 Å². The van der Waals surface area contributed by atoms with Crippen LogP contribution in [0, 0.1) is 5.41 Å². The lowest BCUT2D eigenvalue weighted by Gasteiger charge is -2.27. The van der Waals surface area contributed by atoms with Crippen molar-refractivity contribution in [1.82, 2.24) is 10.2 Å². The van der Waals surface area contributed by atoms with E-state index in [9.17, 15) is 14.7 Å². The third kappa shape index (κ3) is 4.56. The standard InChI is InChI=1S/C28H34N2O4/c1-28-14-6-8-19(16-28)30(18-28)15-7-13-25(26(31)32)29-27(33)34-17-24-22-11-4-2-9-20(22)21-10-3-5-12-23(21)24/h2-5,9-12,19,24-25H,6-8,13-18H2,1H3,(H,29,33)(H,31,32)/t19-,25?,28+/m1/s1. The minimum absolute atomic E-state index is 0.0442. The van der Waals surface area contributed by atoms with Crippen molar-refractivity contribution in [2.45, 2.75) is 63.5 Å². The predicted molar refractivity (Wildman–Crippen MR) is 131 cm³/mol. The lowest BCUT2D eigenvalue weighted by atomic mass is 9.78. The molecule has 2 aromatic carbocycles. The molecule has 1 amide bonds. The molecule has 1 unspecified atom stereocenters. The van der Waals surface area contributed by atoms with Crippen LogP contribution in [0.25, 0.3) is 11.1 Å². The van der Waals surface area contributed by atoms with Crippen molar-refractivity contribution < 1.29 is 19.4 Å². The van der Waals surface area contributed by atoms with Gasteiger partial charge < -0.3 is 15.2 Å². The van der Waals surface area contributed by atoms with Crippen LogP contribution >= 0.6 is 0 Å². The second-order valence-electron chi connectivity index (χ2n) is 10.5. The maximum absolute atomic E-state index is 12.5. The summed E-state index contributed by atoms with van der Waals surface area (Å²) in [6, 6.07) is 16.0. The van der Waals surface area contributed by atoms with Gasteiger partial charge in [0.15, 0.2) is 0 Å². The second kappa shape index (κ2) is 9.41. The maximum Gasteiger partial charge on any atom is 0.407 e. The quantitative estimate of drug-likeness (QED) is 0.576. The number of likely N-dealkylation sites (tertiary alicyclic amines) is 1. The highest BCUT2D eigenvalue weighted by Gasteiger charge is 2.42. The summed E-state index contributed by atoms with van der Waals surface area (Å²) in [4.78, 5) is 26.9. The molecular formula is C28H34N2O4. The third-order valence-corrected chi connectivity index (χ3v) is 8.02. The molecule has 0 spiro atoms. The largest absolute Gasteiger partial charge is 0.480 e. The normalized spacial score (nSPS) is 24.3. The van der Waals surface area contributed by atoms with Gasteiger partial charge in [0, 0.05) is 18.5 Å². The molecule has 0 radical (unpaired) electrons. The summed E-state index contributed by atoms with van der Waals surface area (Å²) < 4.78 is 5.55. The number of hydrogen-bond donors (Lipinski definition) is 2. The second-order valence-corrected chi connectivity index (χ2v) is 10.5. The van der Waals surface area contributed by atoms with Gasteiger partial charge in [-0.05, 0) is 66.3 Å². The Bertz CT molecular complexity index is 1020. The summed E-state index contributed by atoms with van der Waals surface area (Å²) in [6.07, 6.45) is 5.56. The Kier molecular flexibility index (Phi) is 6.34. The third-order valence-electron chi connectivity index (χ3n) is 8.02. The van der Waals surface area contributed by atoms with Crippen LogP contribution in [0.2, 0.25) is 0 Å². The molecule has 180 valence electrons. The number of benzene rings is 2. The Morgan fingerprint density at radius 3 is 2.47 bits per heavy atom. The minimum atomic E-state index is -1.01. The van der Waals surface area contributed by atoms with Crippen LogP contribution < -0.4 is 5.32 Å². The van der Waals surface area contributed by atoms with E-state index in [0.29, 0.717) is 17.9 Å². The van der Waals surface area contributed by atoms with Gasteiger partial charge in [0.2, 0.25) is 0 Å². The van der Waals surface area contributed by atoms with Crippen LogP contribution in [0.5, 0.6) is 0 Å². The van der Waals surface area contributed by atoms with Crippen molar-refractivity contribution in [3.8, 4) is 11.1 Å². The van der Waals surface area contributed by atoms with Crippen molar-refractivity contribution in [3.05, 3.63) is 59.7 Å². The molecule has 6 nitrogen and oxygen atoms in total. The number of carbonyl (C=O) groups is 2. The molecule has 0 aromatic heterocycles. The van der Waals surface area contributed by atoms with E-state index < -0.39 is 18.1 Å². The van der Waals surface area contributed by atoms with E-state index in [2.05, 4.69) is 41.4 Å². The molecule has 3 aliphatic rings. The Balaban J connectivity index is 1.14. The molecule has 1 saturated carbocycles. The lowest BCUT2D eigenvalue weighted by Crippen LogP contribution is -2.42. The molecule has 34 heavy (non-hydrogen) atoms. The number of carboxylic acid groups (broad SMARTS) is 1. The monoisotopic (exact) mass is 462 g/mol. The molecule has 2 aromatic rings. The van der Waals surface area contributed by atoms with Crippen LogP contribution in [-0.4, -0.2) is 53.8 Å². The summed E-state index contributed by atoms with van der Waals surface area (Å²) in [6.45, 7) is 4.55. The van der Waals surface area contributed by atoms with Crippen molar-refractivity contribution in [1.29, 1.82) is 0 Å². The number of nitrogens with one attached hydrogen (secondary N) is 1. The van der Waals surface area contributed by atoms with Gasteiger partial charge in [0.25, 0.3) is 0 Å². The molecule has 1 heterocycles. The zero-order chi connectivity index (χ0) is 23.7. The first-order valence-corrected chi connectivity index (χ1v) is 12.5. The first-order chi connectivity index (χ1) is 16.4. The molecule has 6 heteroatoms. The molecular weight excluding hydrogens is 428 g/mol. The Hall–Kier alpha value is -2.86. The molecule has 2 aliphatic carbocycles. The summed E-state index contributed by atoms with van der Waals surface area (Å²) in [5.74, 6) is -1.06. The molecule has 1 saturated heterocycles. The fourth-order valence-electron chi connectivity index (χ4n) is 6.41. The first kappa shape index (κ1) is 22.9. The Morgan fingerprint density at radius 1 is 1.15 bits per heavy atom. The highest BCUT2D eigenvalue weighted by molar-refractivity contribution is 5.81. The lowest BCUT2D eigenvalue weighted by molar-refractivity contribution is -0.139. The van der Waals surface area contributed by atoms with Crippen molar-refractivity contribution in [3.63, 3.8) is 0 Å². The van der Waals surface area contributed by atoms with E-state index in [1.807, 2.05) is 24.3 Å². The van der Waals surface area contributed by atoms with E-state index in [-0.39, 0.29) is 12.5 Å². The van der Waals surface area contributed by atoms with Gasteiger partial charge in [-0.3, -0.25) is 4.90 Å². The zero-order valence-electron chi connectivity index (χ0n) is 19.8. The maximum atomic E-state index is 12.5. The smallest absolute Gasteiger partial charge is 0.407 e. The minimum Gasteiger partial charge on any atom is -0.480 e. The van der Waals surface area contributed by atoms with Gasteiger partial charge in [-0.2, -0.15) is 0 Å². The fraction of sp³-hybridized carbons (Fsp3) is 0.500. The number of aliphatic carboxylic acids is 1. The van der Waals surface area contributed by atoms with Gasteiger partial charge in [0.1, 0.15) is 12.6 Å². The van der Waals surface area contributed by atoms with E-state index in [1.54, 1.807) is 0 Å². The summed E-state index contributed by atoms with van der Waals surface area (Å²) in [5.41, 5.74) is 5.02. The summed E-state index contributed by atoms with van der Waals surface area (Å²) in [5, 5.41) is 12.2. The number of carbonyl (C=O) groups excluding carboxylic acids is 1. The van der Waals surface area contributed by atoms with Crippen LogP contribution in [0.3, 0.4) is 0 Å². The van der Waals surface area contributed by atoms with Gasteiger partial charge in [-0.25, -0.2) is 9.59 Å². The first-order valence-electron chi connectivity index (χ1n) is 12.5. The number of rotatable bonds is 8. The zero-order valence-corrected chi connectivity index (χ0v) is 19.8. The molecule has 5 rings (SSSR count). The number of carboxylic acids is 1. The van der Waals surface area contributed by atoms with E-state index in [1.165, 1.54) is 25.7 Å².